The normalized spacial score (nSPS) is 18.4. The smallest absolute Gasteiger partial charge is 0.308 e. The Morgan fingerprint density at radius 1 is 1.48 bits per heavy atom. The molecule has 1 unspecified atom stereocenters. The molecule has 1 aliphatic rings. The van der Waals surface area contributed by atoms with Crippen molar-refractivity contribution in [2.45, 2.75) is 19.8 Å². The molecule has 0 aliphatic carbocycles. The van der Waals surface area contributed by atoms with Crippen LogP contribution in [0.1, 0.15) is 18.4 Å². The molecular formula is C15H18FNO4. The molecule has 1 fully saturated rings. The van der Waals surface area contributed by atoms with Crippen LogP contribution in [0, 0.1) is 18.7 Å². The van der Waals surface area contributed by atoms with Crippen LogP contribution in [-0.2, 0) is 9.59 Å². The Morgan fingerprint density at radius 2 is 2.24 bits per heavy atom. The van der Waals surface area contributed by atoms with Crippen LogP contribution < -0.4 is 4.74 Å². The van der Waals surface area contributed by atoms with E-state index in [1.807, 2.05) is 0 Å². The highest BCUT2D eigenvalue weighted by Crippen LogP contribution is 2.20. The van der Waals surface area contributed by atoms with E-state index in [0.717, 1.165) is 5.56 Å². The Morgan fingerprint density at radius 3 is 2.95 bits per heavy atom. The molecule has 1 aliphatic heterocycles. The van der Waals surface area contributed by atoms with Gasteiger partial charge in [-0.3, -0.25) is 9.59 Å². The molecule has 2 rings (SSSR count). The number of benzene rings is 1. The van der Waals surface area contributed by atoms with Crippen molar-refractivity contribution in [3.8, 4) is 5.75 Å². The molecule has 21 heavy (non-hydrogen) atoms. The van der Waals surface area contributed by atoms with E-state index >= 15 is 0 Å². The van der Waals surface area contributed by atoms with Crippen LogP contribution in [0.2, 0.25) is 0 Å². The summed E-state index contributed by atoms with van der Waals surface area (Å²) in [5.74, 6) is -2.22. The summed E-state index contributed by atoms with van der Waals surface area (Å²) in [4.78, 5) is 24.5. The molecule has 1 aromatic rings. The molecule has 1 amide bonds. The predicted molar refractivity (Wildman–Crippen MR) is 73.6 cm³/mol. The van der Waals surface area contributed by atoms with Crippen LogP contribution in [0.5, 0.6) is 5.75 Å². The van der Waals surface area contributed by atoms with Gasteiger partial charge in [0.15, 0.2) is 18.2 Å². The third-order valence-electron chi connectivity index (χ3n) is 3.56. The summed E-state index contributed by atoms with van der Waals surface area (Å²) >= 11 is 0. The minimum Gasteiger partial charge on any atom is -0.481 e. The number of piperidine rings is 1. The van der Waals surface area contributed by atoms with E-state index in [1.165, 1.54) is 17.0 Å². The molecule has 1 atom stereocenters. The first-order valence-electron chi connectivity index (χ1n) is 6.87. The molecule has 1 aromatic carbocycles. The first-order valence-corrected chi connectivity index (χ1v) is 6.87. The molecule has 0 bridgehead atoms. The van der Waals surface area contributed by atoms with Crippen LogP contribution in [-0.4, -0.2) is 41.6 Å². The molecule has 1 heterocycles. The van der Waals surface area contributed by atoms with Crippen LogP contribution in [0.25, 0.3) is 0 Å². The van der Waals surface area contributed by atoms with E-state index in [2.05, 4.69) is 0 Å². The first kappa shape index (κ1) is 15.3. The van der Waals surface area contributed by atoms with Crippen molar-refractivity contribution >= 4 is 11.9 Å². The topological polar surface area (TPSA) is 66.8 Å². The van der Waals surface area contributed by atoms with Gasteiger partial charge in [-0.2, -0.15) is 0 Å². The van der Waals surface area contributed by atoms with Crippen molar-refractivity contribution in [2.24, 2.45) is 5.92 Å². The van der Waals surface area contributed by atoms with Crippen LogP contribution in [0.3, 0.4) is 0 Å². The highest BCUT2D eigenvalue weighted by atomic mass is 19.1. The summed E-state index contributed by atoms with van der Waals surface area (Å²) < 4.78 is 18.7. The Hall–Kier alpha value is -2.11. The van der Waals surface area contributed by atoms with E-state index in [1.54, 1.807) is 13.0 Å². The first-order chi connectivity index (χ1) is 9.97. The monoisotopic (exact) mass is 295 g/mol. The number of carboxylic acid groups (broad SMARTS) is 1. The van der Waals surface area contributed by atoms with Gasteiger partial charge in [-0.15, -0.1) is 0 Å². The molecule has 0 spiro atoms. The fourth-order valence-electron chi connectivity index (χ4n) is 2.36. The second kappa shape index (κ2) is 6.56. The quantitative estimate of drug-likeness (QED) is 0.920. The summed E-state index contributed by atoms with van der Waals surface area (Å²) in [5.41, 5.74) is 0.836. The van der Waals surface area contributed by atoms with E-state index in [-0.39, 0.29) is 24.8 Å². The maximum absolute atomic E-state index is 13.5. The predicted octanol–water partition coefficient (Wildman–Crippen LogP) is 1.84. The molecule has 1 saturated heterocycles. The molecule has 1 N–H and O–H groups in total. The summed E-state index contributed by atoms with van der Waals surface area (Å²) in [6.45, 7) is 2.22. The van der Waals surface area contributed by atoms with Crippen molar-refractivity contribution in [1.82, 2.24) is 4.90 Å². The Kier molecular flexibility index (Phi) is 4.77. The summed E-state index contributed by atoms with van der Waals surface area (Å²) in [7, 11) is 0. The highest BCUT2D eigenvalue weighted by Gasteiger charge is 2.28. The number of aliphatic carboxylic acids is 1. The van der Waals surface area contributed by atoms with Crippen molar-refractivity contribution in [2.75, 3.05) is 19.7 Å². The summed E-state index contributed by atoms with van der Waals surface area (Å²) in [5, 5.41) is 8.99. The van der Waals surface area contributed by atoms with Crippen LogP contribution in [0.4, 0.5) is 4.39 Å². The Labute approximate surface area is 122 Å². The van der Waals surface area contributed by atoms with E-state index in [9.17, 15) is 14.0 Å². The number of halogens is 1. The lowest BCUT2D eigenvalue weighted by atomic mass is 9.98. The fourth-order valence-corrected chi connectivity index (χ4v) is 2.36. The van der Waals surface area contributed by atoms with Crippen LogP contribution in [0.15, 0.2) is 18.2 Å². The zero-order chi connectivity index (χ0) is 15.4. The lowest BCUT2D eigenvalue weighted by molar-refractivity contribution is -0.146. The zero-order valence-corrected chi connectivity index (χ0v) is 11.8. The summed E-state index contributed by atoms with van der Waals surface area (Å²) in [6.07, 6.45) is 1.23. The standard InChI is InChI=1S/C15H18FNO4/c1-10-4-5-12(16)13(7-10)21-9-14(18)17-6-2-3-11(8-17)15(19)20/h4-5,7,11H,2-3,6,8-9H2,1H3,(H,19,20). The number of amides is 1. The van der Waals surface area contributed by atoms with Crippen LogP contribution >= 0.6 is 0 Å². The number of aryl methyl sites for hydroxylation is 1. The third-order valence-corrected chi connectivity index (χ3v) is 3.56. The maximum atomic E-state index is 13.5. The molecule has 114 valence electrons. The van der Waals surface area contributed by atoms with E-state index in [4.69, 9.17) is 9.84 Å². The van der Waals surface area contributed by atoms with Crippen molar-refractivity contribution < 1.29 is 23.8 Å². The van der Waals surface area contributed by atoms with Crippen molar-refractivity contribution in [3.63, 3.8) is 0 Å². The SMILES string of the molecule is Cc1ccc(F)c(OCC(=O)N2CCCC(C(=O)O)C2)c1. The van der Waals surface area contributed by atoms with Gasteiger partial charge in [0.25, 0.3) is 5.91 Å². The van der Waals surface area contributed by atoms with Gasteiger partial charge in [0.1, 0.15) is 0 Å². The summed E-state index contributed by atoms with van der Waals surface area (Å²) in [6, 6.07) is 4.43. The number of hydrogen-bond acceptors (Lipinski definition) is 3. The number of nitrogens with zero attached hydrogens (tertiary/aromatic N) is 1. The lowest BCUT2D eigenvalue weighted by Gasteiger charge is -2.30. The number of ether oxygens (including phenoxy) is 1. The molecular weight excluding hydrogens is 277 g/mol. The van der Waals surface area contributed by atoms with Crippen molar-refractivity contribution in [1.29, 1.82) is 0 Å². The molecule has 6 heteroatoms. The van der Waals surface area contributed by atoms with Gasteiger partial charge in [-0.25, -0.2) is 4.39 Å². The number of likely N-dealkylation sites (tertiary alicyclic amines) is 1. The molecule has 0 radical (unpaired) electrons. The molecule has 0 aromatic heterocycles. The van der Waals surface area contributed by atoms with Gasteiger partial charge in [-0.1, -0.05) is 6.07 Å². The van der Waals surface area contributed by atoms with Gasteiger partial charge in [0, 0.05) is 13.1 Å². The van der Waals surface area contributed by atoms with Gasteiger partial charge < -0.3 is 14.7 Å². The van der Waals surface area contributed by atoms with Gasteiger partial charge in [-0.05, 0) is 37.5 Å². The number of rotatable bonds is 4. The maximum Gasteiger partial charge on any atom is 0.308 e. The fraction of sp³-hybridized carbons (Fsp3) is 0.467. The Balaban J connectivity index is 1.92. The average Bonchev–Trinajstić information content (AvgIpc) is 2.48. The minimum atomic E-state index is -0.891. The second-order valence-corrected chi connectivity index (χ2v) is 5.24. The van der Waals surface area contributed by atoms with Gasteiger partial charge in [0.2, 0.25) is 0 Å². The van der Waals surface area contributed by atoms with Gasteiger partial charge >= 0.3 is 5.97 Å². The minimum absolute atomic E-state index is 0.0372. The largest absolute Gasteiger partial charge is 0.481 e. The number of hydrogen-bond donors (Lipinski definition) is 1. The third kappa shape index (κ3) is 3.93. The average molecular weight is 295 g/mol. The zero-order valence-electron chi connectivity index (χ0n) is 11.8. The van der Waals surface area contributed by atoms with Gasteiger partial charge in [0.05, 0.1) is 5.92 Å². The number of carbonyl (C=O) groups is 2. The van der Waals surface area contributed by atoms with Crippen molar-refractivity contribution in [3.05, 3.63) is 29.6 Å². The number of carboxylic acids is 1. The van der Waals surface area contributed by atoms with E-state index < -0.39 is 17.7 Å². The highest BCUT2D eigenvalue weighted by molar-refractivity contribution is 5.79. The molecule has 0 saturated carbocycles. The molecule has 5 nitrogen and oxygen atoms in total. The van der Waals surface area contributed by atoms with E-state index in [0.29, 0.717) is 19.4 Å². The lowest BCUT2D eigenvalue weighted by Crippen LogP contribution is -2.44. The number of carbonyl (C=O) groups excluding carboxylic acids is 1. The second-order valence-electron chi connectivity index (χ2n) is 5.24. The Bertz CT molecular complexity index is 546.